The Labute approximate surface area is 166 Å². The lowest BCUT2D eigenvalue weighted by molar-refractivity contribution is -0.136. The van der Waals surface area contributed by atoms with Crippen molar-refractivity contribution in [3.8, 4) is 0 Å². The number of hydrogen-bond acceptors (Lipinski definition) is 4. The number of nitrogens with one attached hydrogen (secondary N) is 2. The summed E-state index contributed by atoms with van der Waals surface area (Å²) in [5.41, 5.74) is 3.74. The van der Waals surface area contributed by atoms with Gasteiger partial charge in [-0.15, -0.1) is 0 Å². The van der Waals surface area contributed by atoms with Crippen LogP contribution < -0.4 is 10.6 Å². The zero-order valence-electron chi connectivity index (χ0n) is 16.6. The minimum absolute atomic E-state index is 0.400. The average Bonchev–Trinajstić information content (AvgIpc) is 2.70. The molecule has 0 unspecified atom stereocenters. The Morgan fingerprint density at radius 3 is 2.61 bits per heavy atom. The number of benzene rings is 1. The average molecular weight is 380 g/mol. The molecule has 0 saturated carbocycles. The van der Waals surface area contributed by atoms with Gasteiger partial charge in [-0.1, -0.05) is 18.2 Å². The van der Waals surface area contributed by atoms with Crippen LogP contribution in [-0.2, 0) is 16.1 Å². The first-order chi connectivity index (χ1) is 13.5. The summed E-state index contributed by atoms with van der Waals surface area (Å²) in [7, 11) is 0. The molecular formula is C22H28N4O2. The van der Waals surface area contributed by atoms with Crippen molar-refractivity contribution in [1.29, 1.82) is 0 Å². The van der Waals surface area contributed by atoms with E-state index in [9.17, 15) is 9.59 Å². The third-order valence-corrected chi connectivity index (χ3v) is 5.22. The second-order valence-electron chi connectivity index (χ2n) is 7.52. The first-order valence-electron chi connectivity index (χ1n) is 9.80. The van der Waals surface area contributed by atoms with Crippen LogP contribution in [0.4, 0.5) is 5.69 Å². The van der Waals surface area contributed by atoms with Crippen LogP contribution in [0.3, 0.4) is 0 Å². The fourth-order valence-electron chi connectivity index (χ4n) is 3.44. The van der Waals surface area contributed by atoms with Crippen LogP contribution in [0, 0.1) is 19.8 Å². The van der Waals surface area contributed by atoms with E-state index < -0.39 is 11.8 Å². The van der Waals surface area contributed by atoms with Crippen molar-refractivity contribution in [2.24, 2.45) is 5.92 Å². The number of carbonyl (C=O) groups is 2. The van der Waals surface area contributed by atoms with Crippen LogP contribution in [0.2, 0.25) is 0 Å². The Morgan fingerprint density at radius 1 is 1.11 bits per heavy atom. The van der Waals surface area contributed by atoms with Gasteiger partial charge < -0.3 is 10.6 Å². The van der Waals surface area contributed by atoms with Crippen LogP contribution in [0.25, 0.3) is 0 Å². The van der Waals surface area contributed by atoms with E-state index in [0.717, 1.165) is 49.3 Å². The molecule has 3 rings (SSSR count). The third kappa shape index (κ3) is 5.63. The highest BCUT2D eigenvalue weighted by Crippen LogP contribution is 2.18. The van der Waals surface area contributed by atoms with Crippen molar-refractivity contribution in [3.05, 3.63) is 59.4 Å². The van der Waals surface area contributed by atoms with Gasteiger partial charge in [0.25, 0.3) is 0 Å². The zero-order valence-corrected chi connectivity index (χ0v) is 16.6. The van der Waals surface area contributed by atoms with Gasteiger partial charge in [0.05, 0.1) is 5.69 Å². The lowest BCUT2D eigenvalue weighted by atomic mass is 9.96. The number of piperidine rings is 1. The number of carbonyl (C=O) groups excluding carboxylic acids is 2. The number of anilines is 1. The largest absolute Gasteiger partial charge is 0.348 e. The van der Waals surface area contributed by atoms with E-state index in [2.05, 4.69) is 20.5 Å². The van der Waals surface area contributed by atoms with Crippen molar-refractivity contribution in [3.63, 3.8) is 0 Å². The van der Waals surface area contributed by atoms with Crippen molar-refractivity contribution >= 4 is 17.5 Å². The third-order valence-electron chi connectivity index (χ3n) is 5.22. The summed E-state index contributed by atoms with van der Waals surface area (Å²) in [4.78, 5) is 31.1. The molecule has 0 aliphatic carbocycles. The monoisotopic (exact) mass is 380 g/mol. The van der Waals surface area contributed by atoms with E-state index in [1.54, 1.807) is 0 Å². The zero-order chi connectivity index (χ0) is 19.9. The molecule has 1 aromatic carbocycles. The smallest absolute Gasteiger partial charge is 0.313 e. The molecule has 1 aromatic heterocycles. The molecule has 0 atom stereocenters. The quantitative estimate of drug-likeness (QED) is 0.782. The fourth-order valence-corrected chi connectivity index (χ4v) is 3.44. The lowest BCUT2D eigenvalue weighted by Crippen LogP contribution is -2.41. The summed E-state index contributed by atoms with van der Waals surface area (Å²) >= 11 is 0. The molecule has 0 spiro atoms. The Bertz CT molecular complexity index is 815. The van der Waals surface area contributed by atoms with Crippen molar-refractivity contribution < 1.29 is 9.59 Å². The highest BCUT2D eigenvalue weighted by atomic mass is 16.2. The van der Waals surface area contributed by atoms with Crippen molar-refractivity contribution in [1.82, 2.24) is 15.2 Å². The van der Waals surface area contributed by atoms with E-state index in [0.29, 0.717) is 18.2 Å². The van der Waals surface area contributed by atoms with Gasteiger partial charge in [-0.25, -0.2) is 0 Å². The highest BCUT2D eigenvalue weighted by molar-refractivity contribution is 6.39. The number of hydrogen-bond donors (Lipinski definition) is 2. The summed E-state index contributed by atoms with van der Waals surface area (Å²) in [6.07, 6.45) is 3.83. The van der Waals surface area contributed by atoms with Crippen molar-refractivity contribution in [2.45, 2.75) is 33.2 Å². The summed E-state index contributed by atoms with van der Waals surface area (Å²) in [5.74, 6) is -0.782. The SMILES string of the molecule is Cc1ccc(C)c(NC(=O)C(=O)NCC2CCN(Cc3ccccn3)CC2)c1. The molecule has 2 N–H and O–H groups in total. The second kappa shape index (κ2) is 9.46. The van der Waals surface area contributed by atoms with E-state index in [1.165, 1.54) is 0 Å². The van der Waals surface area contributed by atoms with Gasteiger partial charge >= 0.3 is 11.8 Å². The van der Waals surface area contributed by atoms with Crippen LogP contribution in [-0.4, -0.2) is 41.3 Å². The number of rotatable bonds is 5. The maximum Gasteiger partial charge on any atom is 0.313 e. The molecule has 1 saturated heterocycles. The van der Waals surface area contributed by atoms with Gasteiger partial charge in [0.15, 0.2) is 0 Å². The van der Waals surface area contributed by atoms with Gasteiger partial charge in [-0.3, -0.25) is 19.5 Å². The molecule has 0 radical (unpaired) electrons. The molecule has 2 aromatic rings. The van der Waals surface area contributed by atoms with Crippen LogP contribution in [0.15, 0.2) is 42.6 Å². The minimum Gasteiger partial charge on any atom is -0.348 e. The molecule has 6 heteroatoms. The Balaban J connectivity index is 1.40. The van der Waals surface area contributed by atoms with Crippen LogP contribution >= 0.6 is 0 Å². The lowest BCUT2D eigenvalue weighted by Gasteiger charge is -2.31. The standard InChI is InChI=1S/C22H28N4O2/c1-16-6-7-17(2)20(13-16)25-22(28)21(27)24-14-18-8-11-26(12-9-18)15-19-5-3-4-10-23-19/h3-7,10,13,18H,8-9,11-12,14-15H2,1-2H3,(H,24,27)(H,25,28). The summed E-state index contributed by atoms with van der Waals surface area (Å²) in [6.45, 7) is 7.22. The highest BCUT2D eigenvalue weighted by Gasteiger charge is 2.21. The number of aryl methyl sites for hydroxylation is 2. The minimum atomic E-state index is -0.610. The Kier molecular flexibility index (Phi) is 6.76. The van der Waals surface area contributed by atoms with Crippen LogP contribution in [0.1, 0.15) is 29.7 Å². The number of nitrogens with zero attached hydrogens (tertiary/aromatic N) is 2. The number of likely N-dealkylation sites (tertiary alicyclic amines) is 1. The first-order valence-corrected chi connectivity index (χ1v) is 9.80. The van der Waals surface area contributed by atoms with E-state index >= 15 is 0 Å². The predicted octanol–water partition coefficient (Wildman–Crippen LogP) is 2.67. The van der Waals surface area contributed by atoms with Gasteiger partial charge in [-0.05, 0) is 75.0 Å². The van der Waals surface area contributed by atoms with E-state index in [4.69, 9.17) is 0 Å². The summed E-state index contributed by atoms with van der Waals surface area (Å²) in [6, 6.07) is 11.8. The number of amides is 2. The fraction of sp³-hybridized carbons (Fsp3) is 0.409. The molecule has 1 aliphatic rings. The second-order valence-corrected chi connectivity index (χ2v) is 7.52. The molecule has 2 heterocycles. The molecule has 1 aliphatic heterocycles. The molecule has 1 fully saturated rings. The summed E-state index contributed by atoms with van der Waals surface area (Å²) < 4.78 is 0. The van der Waals surface area contributed by atoms with Gasteiger partial charge in [-0.2, -0.15) is 0 Å². The Hall–Kier alpha value is -2.73. The molecule has 0 bridgehead atoms. The first kappa shape index (κ1) is 20.0. The number of pyridine rings is 1. The maximum absolute atomic E-state index is 12.2. The van der Waals surface area contributed by atoms with Crippen molar-refractivity contribution in [2.75, 3.05) is 25.0 Å². The number of aromatic nitrogens is 1. The summed E-state index contributed by atoms with van der Waals surface area (Å²) in [5, 5.41) is 5.50. The molecule has 6 nitrogen and oxygen atoms in total. The van der Waals surface area contributed by atoms with Gasteiger partial charge in [0.1, 0.15) is 0 Å². The maximum atomic E-state index is 12.2. The predicted molar refractivity (Wildman–Crippen MR) is 110 cm³/mol. The molecule has 2 amide bonds. The molecule has 28 heavy (non-hydrogen) atoms. The molecular weight excluding hydrogens is 352 g/mol. The Morgan fingerprint density at radius 2 is 1.89 bits per heavy atom. The topological polar surface area (TPSA) is 74.3 Å². The van der Waals surface area contributed by atoms with Gasteiger partial charge in [0.2, 0.25) is 0 Å². The van der Waals surface area contributed by atoms with Crippen LogP contribution in [0.5, 0.6) is 0 Å². The van der Waals surface area contributed by atoms with E-state index in [-0.39, 0.29) is 0 Å². The van der Waals surface area contributed by atoms with Gasteiger partial charge in [0, 0.05) is 25.0 Å². The molecule has 148 valence electrons. The van der Waals surface area contributed by atoms with E-state index in [1.807, 2.05) is 56.4 Å². The normalized spacial score (nSPS) is 15.2.